The molecule has 0 radical (unpaired) electrons. The highest BCUT2D eigenvalue weighted by molar-refractivity contribution is 7.88. The Balaban J connectivity index is 2.12. The fraction of sp³-hybridized carbons (Fsp3) is 0.500. The monoisotopic (exact) mass is 322 g/mol. The molecule has 1 aromatic carbocycles. The van der Waals surface area contributed by atoms with Gasteiger partial charge < -0.3 is 5.73 Å². The van der Waals surface area contributed by atoms with Crippen LogP contribution < -0.4 is 10.5 Å². The molecule has 19 heavy (non-hydrogen) atoms. The summed E-state index contributed by atoms with van der Waals surface area (Å²) in [4.78, 5) is 0. The predicted molar refractivity (Wildman–Crippen MR) is 77.8 cm³/mol. The molecule has 0 amide bonds. The average Bonchev–Trinajstić information content (AvgIpc) is 3.15. The standard InChI is InChI=1S/C12H16Cl2N2O2S/c13-10-2-1-3-11(14)9(10)7-19(17,18)16-12(6-15)8-4-5-8/h1-3,8,12,16H,4-7,15H2. The SMILES string of the molecule is NCC(NS(=O)(=O)Cc1c(Cl)cccc1Cl)C1CC1. The summed E-state index contributed by atoms with van der Waals surface area (Å²) in [5, 5.41) is 0.710. The van der Waals surface area contributed by atoms with Gasteiger partial charge in [-0.1, -0.05) is 29.3 Å². The van der Waals surface area contributed by atoms with E-state index in [1.165, 1.54) is 0 Å². The molecule has 1 fully saturated rings. The van der Waals surface area contributed by atoms with Gasteiger partial charge in [0.15, 0.2) is 0 Å². The number of halogens is 2. The van der Waals surface area contributed by atoms with E-state index in [4.69, 9.17) is 28.9 Å². The van der Waals surface area contributed by atoms with E-state index in [0.717, 1.165) is 12.8 Å². The first-order valence-corrected chi connectivity index (χ1v) is 8.46. The van der Waals surface area contributed by atoms with Crippen molar-refractivity contribution in [2.75, 3.05) is 6.54 Å². The zero-order valence-corrected chi connectivity index (χ0v) is 12.6. The minimum atomic E-state index is -3.49. The fourth-order valence-electron chi connectivity index (χ4n) is 1.97. The number of nitrogens with two attached hydrogens (primary N) is 1. The van der Waals surface area contributed by atoms with E-state index >= 15 is 0 Å². The molecule has 1 saturated carbocycles. The van der Waals surface area contributed by atoms with Gasteiger partial charge in [-0.2, -0.15) is 0 Å². The smallest absolute Gasteiger partial charge is 0.216 e. The number of rotatable bonds is 6. The van der Waals surface area contributed by atoms with Crippen LogP contribution in [0.25, 0.3) is 0 Å². The van der Waals surface area contributed by atoms with Crippen LogP contribution in [0.15, 0.2) is 18.2 Å². The lowest BCUT2D eigenvalue weighted by Gasteiger charge is -2.17. The molecule has 4 nitrogen and oxygen atoms in total. The molecule has 1 aliphatic carbocycles. The normalized spacial score (nSPS) is 17.4. The molecule has 0 bridgehead atoms. The van der Waals surface area contributed by atoms with Gasteiger partial charge in [0.2, 0.25) is 10.0 Å². The molecule has 3 N–H and O–H groups in total. The fourth-order valence-corrected chi connectivity index (χ4v) is 4.18. The number of sulfonamides is 1. The van der Waals surface area contributed by atoms with Crippen molar-refractivity contribution in [1.29, 1.82) is 0 Å². The Bertz CT molecular complexity index is 539. The van der Waals surface area contributed by atoms with Crippen LogP contribution in [-0.4, -0.2) is 21.0 Å². The van der Waals surface area contributed by atoms with E-state index < -0.39 is 10.0 Å². The van der Waals surface area contributed by atoms with Crippen molar-refractivity contribution in [3.8, 4) is 0 Å². The topological polar surface area (TPSA) is 72.2 Å². The molecule has 0 spiro atoms. The molecule has 1 aromatic rings. The Kier molecular flexibility index (Phi) is 4.74. The second-order valence-electron chi connectivity index (χ2n) is 4.76. The summed E-state index contributed by atoms with van der Waals surface area (Å²) in [6, 6.07) is 4.74. The van der Waals surface area contributed by atoms with Gasteiger partial charge in [0.1, 0.15) is 0 Å². The molecule has 0 aromatic heterocycles. The van der Waals surface area contributed by atoms with Crippen molar-refractivity contribution in [2.45, 2.75) is 24.6 Å². The first-order valence-electron chi connectivity index (χ1n) is 6.06. The number of hydrogen-bond acceptors (Lipinski definition) is 3. The highest BCUT2D eigenvalue weighted by atomic mass is 35.5. The molecule has 2 rings (SSSR count). The predicted octanol–water partition coefficient (Wildman–Crippen LogP) is 2.15. The quantitative estimate of drug-likeness (QED) is 0.842. The maximum atomic E-state index is 12.1. The lowest BCUT2D eigenvalue weighted by atomic mass is 10.2. The highest BCUT2D eigenvalue weighted by Gasteiger charge is 2.33. The number of benzene rings is 1. The van der Waals surface area contributed by atoms with Crippen molar-refractivity contribution in [1.82, 2.24) is 4.72 Å². The van der Waals surface area contributed by atoms with Crippen molar-refractivity contribution in [2.24, 2.45) is 11.7 Å². The molecule has 7 heteroatoms. The summed E-state index contributed by atoms with van der Waals surface area (Å²) >= 11 is 12.0. The van der Waals surface area contributed by atoms with E-state index in [0.29, 0.717) is 28.1 Å². The van der Waals surface area contributed by atoms with Crippen LogP contribution in [-0.2, 0) is 15.8 Å². The van der Waals surface area contributed by atoms with Gasteiger partial charge >= 0.3 is 0 Å². The zero-order chi connectivity index (χ0) is 14.0. The Morgan fingerprint density at radius 3 is 2.37 bits per heavy atom. The molecular weight excluding hydrogens is 307 g/mol. The third-order valence-corrected chi connectivity index (χ3v) is 5.21. The van der Waals surface area contributed by atoms with Crippen LogP contribution in [0.4, 0.5) is 0 Å². The lowest BCUT2D eigenvalue weighted by Crippen LogP contribution is -2.42. The third-order valence-electron chi connectivity index (χ3n) is 3.17. The molecule has 1 aliphatic rings. The minimum Gasteiger partial charge on any atom is -0.329 e. The van der Waals surface area contributed by atoms with Crippen LogP contribution in [0.5, 0.6) is 0 Å². The van der Waals surface area contributed by atoms with Crippen LogP contribution >= 0.6 is 23.2 Å². The first kappa shape index (κ1) is 15.1. The Morgan fingerprint density at radius 2 is 1.89 bits per heavy atom. The molecule has 1 atom stereocenters. The van der Waals surface area contributed by atoms with Crippen LogP contribution in [0, 0.1) is 5.92 Å². The molecule has 0 saturated heterocycles. The van der Waals surface area contributed by atoms with Crippen LogP contribution in [0.1, 0.15) is 18.4 Å². The maximum absolute atomic E-state index is 12.1. The average molecular weight is 323 g/mol. The van der Waals surface area contributed by atoms with Crippen molar-refractivity contribution >= 4 is 33.2 Å². The van der Waals surface area contributed by atoms with Crippen LogP contribution in [0.3, 0.4) is 0 Å². The Labute approximate surface area is 123 Å². The van der Waals surface area contributed by atoms with Crippen molar-refractivity contribution in [3.63, 3.8) is 0 Å². The Morgan fingerprint density at radius 1 is 1.32 bits per heavy atom. The van der Waals surface area contributed by atoms with Gasteiger partial charge in [0, 0.05) is 28.2 Å². The highest BCUT2D eigenvalue weighted by Crippen LogP contribution is 2.33. The minimum absolute atomic E-state index is 0.189. The van der Waals surface area contributed by atoms with Gasteiger partial charge in [-0.15, -0.1) is 0 Å². The number of nitrogens with one attached hydrogen (secondary N) is 1. The van der Waals surface area contributed by atoms with Gasteiger partial charge in [-0.05, 0) is 30.9 Å². The third kappa shape index (κ3) is 4.07. The van der Waals surface area contributed by atoms with Crippen molar-refractivity contribution < 1.29 is 8.42 Å². The molecule has 0 aliphatic heterocycles. The van der Waals surface area contributed by atoms with E-state index in [1.807, 2.05) is 0 Å². The van der Waals surface area contributed by atoms with E-state index in [2.05, 4.69) is 4.72 Å². The summed E-state index contributed by atoms with van der Waals surface area (Å²) in [5.74, 6) is 0.135. The maximum Gasteiger partial charge on any atom is 0.216 e. The second-order valence-corrected chi connectivity index (χ2v) is 7.33. The molecule has 106 valence electrons. The first-order chi connectivity index (χ1) is 8.93. The largest absolute Gasteiger partial charge is 0.329 e. The van der Waals surface area contributed by atoms with E-state index in [1.54, 1.807) is 18.2 Å². The summed E-state index contributed by atoms with van der Waals surface area (Å²) in [5.41, 5.74) is 6.02. The van der Waals surface area contributed by atoms with Gasteiger partial charge in [0.25, 0.3) is 0 Å². The van der Waals surface area contributed by atoms with Crippen LogP contribution in [0.2, 0.25) is 10.0 Å². The second kappa shape index (κ2) is 5.97. The van der Waals surface area contributed by atoms with Gasteiger partial charge in [-0.3, -0.25) is 0 Å². The van der Waals surface area contributed by atoms with Gasteiger partial charge in [0.05, 0.1) is 5.75 Å². The van der Waals surface area contributed by atoms with Gasteiger partial charge in [-0.25, -0.2) is 13.1 Å². The summed E-state index contributed by atoms with van der Waals surface area (Å²) in [7, 11) is -3.49. The molecular formula is C12H16Cl2N2O2S. The zero-order valence-electron chi connectivity index (χ0n) is 10.3. The summed E-state index contributed by atoms with van der Waals surface area (Å²) in [6.07, 6.45) is 2.05. The molecule has 0 heterocycles. The number of hydrogen-bond donors (Lipinski definition) is 2. The summed E-state index contributed by atoms with van der Waals surface area (Å²) < 4.78 is 26.9. The van der Waals surface area contributed by atoms with Crippen molar-refractivity contribution in [3.05, 3.63) is 33.8 Å². The Hall–Kier alpha value is -0.330. The molecule has 1 unspecified atom stereocenters. The van der Waals surface area contributed by atoms with E-state index in [9.17, 15) is 8.42 Å². The van der Waals surface area contributed by atoms with E-state index in [-0.39, 0.29) is 11.8 Å². The lowest BCUT2D eigenvalue weighted by molar-refractivity contribution is 0.518. The summed E-state index contributed by atoms with van der Waals surface area (Å²) in [6.45, 7) is 0.306.